The molecule has 0 heterocycles. The van der Waals surface area contributed by atoms with Crippen LogP contribution in [0, 0.1) is 52.3 Å². The third kappa shape index (κ3) is 3.27. The maximum atomic E-state index is 11.9. The predicted octanol–water partition coefficient (Wildman–Crippen LogP) is 4.81. The van der Waals surface area contributed by atoms with Gasteiger partial charge in [-0.25, -0.2) is 0 Å². The van der Waals surface area contributed by atoms with Gasteiger partial charge in [0.25, 0.3) is 0 Å². The third-order valence-electron chi connectivity index (χ3n) is 10.9. The van der Waals surface area contributed by atoms with Crippen LogP contribution < -0.4 is 0 Å². The zero-order valence-corrected chi connectivity index (χ0v) is 19.8. The number of ether oxygens (including phenoxy) is 1. The molecule has 0 bridgehead atoms. The molecule has 2 N–H and O–H groups in total. The van der Waals surface area contributed by atoms with Gasteiger partial charge in [-0.15, -0.1) is 0 Å². The third-order valence-corrected chi connectivity index (χ3v) is 10.9. The molecule has 4 aliphatic carbocycles. The molecule has 0 aromatic rings. The van der Waals surface area contributed by atoms with Gasteiger partial charge in [0.1, 0.15) is 0 Å². The van der Waals surface area contributed by atoms with Crippen molar-refractivity contribution in [3.8, 4) is 0 Å². The van der Waals surface area contributed by atoms with Crippen LogP contribution in [-0.4, -0.2) is 35.5 Å². The Hall–Kier alpha value is -0.610. The number of hydrogen-bond donors (Lipinski definition) is 2. The quantitative estimate of drug-likeness (QED) is 0.640. The summed E-state index contributed by atoms with van der Waals surface area (Å²) in [7, 11) is 1.49. The minimum absolute atomic E-state index is 0.0944. The Balaban J connectivity index is 1.63. The van der Waals surface area contributed by atoms with E-state index in [1.165, 1.54) is 32.8 Å². The van der Waals surface area contributed by atoms with E-state index < -0.39 is 0 Å². The van der Waals surface area contributed by atoms with Crippen molar-refractivity contribution in [2.45, 2.75) is 97.7 Å². The molecule has 4 rings (SSSR count). The molecule has 0 saturated heterocycles. The average molecular weight is 421 g/mol. The van der Waals surface area contributed by atoms with Crippen LogP contribution in [0.4, 0.5) is 0 Å². The van der Waals surface area contributed by atoms with Crippen LogP contribution in [0.2, 0.25) is 0 Å². The predicted molar refractivity (Wildman–Crippen MR) is 118 cm³/mol. The second-order valence-corrected chi connectivity index (χ2v) is 11.9. The summed E-state index contributed by atoms with van der Waals surface area (Å²) in [6.45, 7) is 9.41. The highest BCUT2D eigenvalue weighted by Gasteiger charge is 2.64. The lowest BCUT2D eigenvalue weighted by atomic mass is 9.41. The minimum atomic E-state index is -0.248. The van der Waals surface area contributed by atoms with Crippen LogP contribution in [0.1, 0.15) is 85.5 Å². The number of fused-ring (bicyclic) bond motifs is 5. The largest absolute Gasteiger partial charge is 0.469 e. The molecule has 4 unspecified atom stereocenters. The highest BCUT2D eigenvalue weighted by Crippen LogP contribution is 2.69. The van der Waals surface area contributed by atoms with Gasteiger partial charge in [-0.2, -0.15) is 0 Å². The molecule has 4 aliphatic rings. The summed E-state index contributed by atoms with van der Waals surface area (Å²) >= 11 is 0. The van der Waals surface area contributed by atoms with E-state index in [0.717, 1.165) is 25.7 Å². The lowest BCUT2D eigenvalue weighted by Crippen LogP contribution is -2.62. The molecule has 0 aromatic carbocycles. The van der Waals surface area contributed by atoms with Crippen molar-refractivity contribution in [2.24, 2.45) is 52.3 Å². The van der Waals surface area contributed by atoms with Crippen molar-refractivity contribution in [1.82, 2.24) is 0 Å². The van der Waals surface area contributed by atoms with Gasteiger partial charge in [0.2, 0.25) is 0 Å². The Kier molecular flexibility index (Phi) is 6.07. The van der Waals surface area contributed by atoms with Crippen LogP contribution in [0.3, 0.4) is 0 Å². The van der Waals surface area contributed by atoms with E-state index >= 15 is 0 Å². The summed E-state index contributed by atoms with van der Waals surface area (Å²) in [5.41, 5.74) is 0.464. The molecule has 4 saturated carbocycles. The first-order valence-electron chi connectivity index (χ1n) is 12.6. The number of methoxy groups -OCH3 is 1. The first kappa shape index (κ1) is 22.6. The molecule has 0 amide bonds. The summed E-state index contributed by atoms with van der Waals surface area (Å²) in [5.74, 6) is 3.02. The molecule has 0 aromatic heterocycles. The van der Waals surface area contributed by atoms with Gasteiger partial charge in [-0.1, -0.05) is 34.1 Å². The van der Waals surface area contributed by atoms with E-state index in [-0.39, 0.29) is 29.0 Å². The van der Waals surface area contributed by atoms with Crippen LogP contribution in [0.15, 0.2) is 0 Å². The molecule has 30 heavy (non-hydrogen) atoms. The fourth-order valence-electron chi connectivity index (χ4n) is 9.42. The molecule has 0 spiro atoms. The average Bonchev–Trinajstić information content (AvgIpc) is 3.06. The number of esters is 1. The van der Waals surface area contributed by atoms with Crippen LogP contribution in [0.5, 0.6) is 0 Å². The number of aliphatic hydroxyl groups is 2. The second kappa shape index (κ2) is 8.06. The Morgan fingerprint density at radius 3 is 2.37 bits per heavy atom. The number of rotatable bonds is 4. The summed E-state index contributed by atoms with van der Waals surface area (Å²) < 4.78 is 4.96. The van der Waals surface area contributed by atoms with E-state index in [1.54, 1.807) is 0 Å². The topological polar surface area (TPSA) is 66.8 Å². The van der Waals surface area contributed by atoms with Gasteiger partial charge in [-0.05, 0) is 97.2 Å². The number of carbonyl (C=O) groups is 1. The van der Waals surface area contributed by atoms with Gasteiger partial charge in [-0.3, -0.25) is 4.79 Å². The molecule has 4 heteroatoms. The van der Waals surface area contributed by atoms with Crippen molar-refractivity contribution in [3.63, 3.8) is 0 Å². The van der Waals surface area contributed by atoms with Gasteiger partial charge >= 0.3 is 5.97 Å². The Morgan fingerprint density at radius 2 is 1.70 bits per heavy atom. The van der Waals surface area contributed by atoms with Gasteiger partial charge in [0.05, 0.1) is 19.3 Å². The van der Waals surface area contributed by atoms with Crippen molar-refractivity contribution in [1.29, 1.82) is 0 Å². The van der Waals surface area contributed by atoms with E-state index in [0.29, 0.717) is 47.8 Å². The molecule has 0 aliphatic heterocycles. The molecule has 172 valence electrons. The maximum Gasteiger partial charge on any atom is 0.305 e. The second-order valence-electron chi connectivity index (χ2n) is 11.9. The Labute approximate surface area is 183 Å². The molecule has 4 nitrogen and oxygen atoms in total. The zero-order valence-electron chi connectivity index (χ0n) is 19.8. The first-order valence-corrected chi connectivity index (χ1v) is 12.6. The summed E-state index contributed by atoms with van der Waals surface area (Å²) in [5, 5.41) is 22.1. The molecule has 0 radical (unpaired) electrons. The number of carbonyl (C=O) groups excluding carboxylic acids is 1. The summed E-state index contributed by atoms with van der Waals surface area (Å²) in [4.78, 5) is 11.9. The van der Waals surface area contributed by atoms with E-state index in [1.807, 2.05) is 0 Å². The fraction of sp³-hybridized carbons (Fsp3) is 0.962. The fourth-order valence-corrected chi connectivity index (χ4v) is 9.42. The van der Waals surface area contributed by atoms with Gasteiger partial charge in [0, 0.05) is 6.42 Å². The normalized spacial score (nSPS) is 51.4. The van der Waals surface area contributed by atoms with Crippen molar-refractivity contribution < 1.29 is 19.7 Å². The Morgan fingerprint density at radius 1 is 1.03 bits per heavy atom. The van der Waals surface area contributed by atoms with Crippen molar-refractivity contribution >= 4 is 5.97 Å². The van der Waals surface area contributed by atoms with Crippen LogP contribution in [-0.2, 0) is 9.53 Å². The molecular formula is C26H44O4. The molecular weight excluding hydrogens is 376 g/mol. The number of hydrogen-bond acceptors (Lipinski definition) is 4. The summed E-state index contributed by atoms with van der Waals surface area (Å²) in [6.07, 6.45) is 8.73. The van der Waals surface area contributed by atoms with Gasteiger partial charge in [0.15, 0.2) is 0 Å². The monoisotopic (exact) mass is 420 g/mol. The van der Waals surface area contributed by atoms with E-state index in [9.17, 15) is 15.0 Å². The van der Waals surface area contributed by atoms with Crippen LogP contribution >= 0.6 is 0 Å². The SMILES string of the molecule is CC[C@@H]1C2C[C@H](O)CC[C@]2(C)C2CC[C@@]3(C)C(CC[C@@H]3[C@H](C)CC(=O)OC)C2[C@@H]1O. The van der Waals surface area contributed by atoms with E-state index in [2.05, 4.69) is 27.7 Å². The zero-order chi connectivity index (χ0) is 21.8. The highest BCUT2D eigenvalue weighted by molar-refractivity contribution is 5.69. The lowest BCUT2D eigenvalue weighted by molar-refractivity contribution is -0.203. The molecule has 4 fully saturated rings. The Bertz CT molecular complexity index is 649. The number of aliphatic hydroxyl groups excluding tert-OH is 2. The van der Waals surface area contributed by atoms with Crippen LogP contribution in [0.25, 0.3) is 0 Å². The van der Waals surface area contributed by atoms with Crippen molar-refractivity contribution in [2.75, 3.05) is 7.11 Å². The minimum Gasteiger partial charge on any atom is -0.469 e. The molecule has 11 atom stereocenters. The summed E-state index contributed by atoms with van der Waals surface area (Å²) in [6, 6.07) is 0. The smallest absolute Gasteiger partial charge is 0.305 e. The standard InChI is InChI=1S/C26H44O4/c1-6-17-21-14-16(27)9-11-26(21,4)20-10-12-25(3)18(15(2)13-22(28)30-5)7-8-19(25)23(20)24(17)29/h15-21,23-24,27,29H,6-14H2,1-5H3/t15-,16-,17-,18-,19?,20?,21?,23?,24-,25-,26-/m1/s1. The van der Waals surface area contributed by atoms with E-state index in [4.69, 9.17) is 4.74 Å². The lowest BCUT2D eigenvalue weighted by Gasteiger charge is -2.64. The van der Waals surface area contributed by atoms with Crippen molar-refractivity contribution in [3.05, 3.63) is 0 Å². The maximum absolute atomic E-state index is 11.9. The first-order chi connectivity index (χ1) is 14.2. The van der Waals surface area contributed by atoms with Gasteiger partial charge < -0.3 is 14.9 Å². The highest BCUT2D eigenvalue weighted by atomic mass is 16.5.